The predicted octanol–water partition coefficient (Wildman–Crippen LogP) is 4.59. The highest BCUT2D eigenvalue weighted by Gasteiger charge is 2.30. The lowest BCUT2D eigenvalue weighted by atomic mass is 9.82. The summed E-state index contributed by atoms with van der Waals surface area (Å²) in [6.07, 6.45) is 1.69. The normalized spacial score (nSPS) is 13.8. The molecule has 5 rings (SSSR count). The first kappa shape index (κ1) is 26.8. The van der Waals surface area contributed by atoms with Gasteiger partial charge in [0, 0.05) is 26.1 Å². The lowest BCUT2D eigenvalue weighted by Crippen LogP contribution is -2.36. The van der Waals surface area contributed by atoms with Crippen molar-refractivity contribution in [1.29, 1.82) is 0 Å². The first-order chi connectivity index (χ1) is 18.8. The molecule has 0 saturated carbocycles. The smallest absolute Gasteiger partial charge is 0.306 e. The maximum Gasteiger partial charge on any atom is 0.306 e. The minimum Gasteiger partial charge on any atom is -0.494 e. The molecule has 0 N–H and O–H groups in total. The van der Waals surface area contributed by atoms with Crippen molar-refractivity contribution < 1.29 is 19.1 Å². The fourth-order valence-corrected chi connectivity index (χ4v) is 6.38. The Morgan fingerprint density at radius 2 is 2.03 bits per heavy atom. The molecule has 1 aliphatic rings. The number of esters is 1. The summed E-state index contributed by atoms with van der Waals surface area (Å²) in [6.45, 7) is 7.20. The van der Waals surface area contributed by atoms with Gasteiger partial charge in [0.2, 0.25) is 0 Å². The molecule has 0 saturated heterocycles. The van der Waals surface area contributed by atoms with Crippen molar-refractivity contribution >= 4 is 34.2 Å². The van der Waals surface area contributed by atoms with Gasteiger partial charge in [-0.05, 0) is 61.1 Å². The molecule has 204 valence electrons. The van der Waals surface area contributed by atoms with Gasteiger partial charge in [-0.2, -0.15) is 0 Å². The van der Waals surface area contributed by atoms with Gasteiger partial charge in [-0.1, -0.05) is 30.3 Å². The third kappa shape index (κ3) is 5.13. The molecule has 0 radical (unpaired) electrons. The van der Waals surface area contributed by atoms with E-state index >= 15 is 0 Å². The van der Waals surface area contributed by atoms with Crippen LogP contribution < -0.4 is 4.74 Å². The Morgan fingerprint density at radius 1 is 1.21 bits per heavy atom. The summed E-state index contributed by atoms with van der Waals surface area (Å²) in [5.74, 6) is 0.147. The zero-order valence-electron chi connectivity index (χ0n) is 23.0. The summed E-state index contributed by atoms with van der Waals surface area (Å²) in [7, 11) is 3.45. The molecule has 10 heteroatoms. The fraction of sp³-hybridized carbons (Fsp3) is 0.414. The quantitative estimate of drug-likeness (QED) is 0.298. The van der Waals surface area contributed by atoms with E-state index in [1.165, 1.54) is 16.9 Å². The van der Waals surface area contributed by atoms with E-state index in [1.54, 1.807) is 11.8 Å². The van der Waals surface area contributed by atoms with Crippen LogP contribution in [0.25, 0.3) is 11.0 Å². The number of thiazole rings is 1. The van der Waals surface area contributed by atoms with Crippen LogP contribution in [0.2, 0.25) is 0 Å². The molecule has 0 fully saturated rings. The second-order valence-corrected chi connectivity index (χ2v) is 10.8. The fourth-order valence-electron chi connectivity index (χ4n) is 5.41. The van der Waals surface area contributed by atoms with Crippen molar-refractivity contribution in [2.45, 2.75) is 52.5 Å². The van der Waals surface area contributed by atoms with Gasteiger partial charge in [-0.25, -0.2) is 9.67 Å². The molecule has 4 aromatic rings. The number of hydrogen-bond donors (Lipinski definition) is 0. The maximum atomic E-state index is 13.4. The predicted molar refractivity (Wildman–Crippen MR) is 149 cm³/mol. The Morgan fingerprint density at radius 3 is 2.74 bits per heavy atom. The van der Waals surface area contributed by atoms with E-state index in [0.717, 1.165) is 44.2 Å². The van der Waals surface area contributed by atoms with E-state index in [1.807, 2.05) is 44.0 Å². The molecule has 9 nitrogen and oxygen atoms in total. The van der Waals surface area contributed by atoms with Crippen LogP contribution in [0.5, 0.6) is 5.75 Å². The Hall–Kier alpha value is -3.79. The molecule has 0 aliphatic carbocycles. The van der Waals surface area contributed by atoms with Gasteiger partial charge in [0.15, 0.2) is 0 Å². The lowest BCUT2D eigenvalue weighted by Gasteiger charge is -2.32. The molecule has 0 spiro atoms. The number of ether oxygens (including phenoxy) is 2. The summed E-state index contributed by atoms with van der Waals surface area (Å²) in [5, 5.41) is 9.44. The van der Waals surface area contributed by atoms with E-state index in [-0.39, 0.29) is 24.2 Å². The number of methoxy groups -OCH3 is 1. The van der Waals surface area contributed by atoms with Crippen LogP contribution in [-0.2, 0) is 36.0 Å². The lowest BCUT2D eigenvalue weighted by molar-refractivity contribution is -0.143. The molecule has 1 amide bonds. The number of amides is 1. The third-order valence-corrected chi connectivity index (χ3v) is 8.58. The monoisotopic (exact) mass is 547 g/mol. The number of carbonyl (C=O) groups excluding carboxylic acids is 2. The Labute approximate surface area is 231 Å². The van der Waals surface area contributed by atoms with Crippen molar-refractivity contribution in [2.75, 3.05) is 20.3 Å². The van der Waals surface area contributed by atoms with Gasteiger partial charge in [-0.3, -0.25) is 9.59 Å². The van der Waals surface area contributed by atoms with Crippen molar-refractivity contribution in [3.8, 4) is 5.75 Å². The Balaban J connectivity index is 1.53. The van der Waals surface area contributed by atoms with Crippen LogP contribution in [-0.4, -0.2) is 57.0 Å². The zero-order chi connectivity index (χ0) is 27.7. The average molecular weight is 548 g/mol. The highest BCUT2D eigenvalue weighted by molar-refractivity contribution is 7.13. The van der Waals surface area contributed by atoms with E-state index in [4.69, 9.17) is 9.47 Å². The first-order valence-electron chi connectivity index (χ1n) is 13.2. The molecule has 1 atom stereocenters. The Bertz CT molecular complexity index is 1540. The number of benzene rings is 2. The number of rotatable bonds is 8. The summed E-state index contributed by atoms with van der Waals surface area (Å²) in [4.78, 5) is 33.4. The van der Waals surface area contributed by atoms with Crippen molar-refractivity contribution in [2.24, 2.45) is 7.05 Å². The number of nitrogens with zero attached hydrogens (tertiary/aromatic N) is 5. The molecule has 39 heavy (non-hydrogen) atoms. The highest BCUT2D eigenvalue weighted by atomic mass is 32.1. The molecule has 2 aromatic carbocycles. The largest absolute Gasteiger partial charge is 0.494 e. The molecule has 2 aromatic heterocycles. The molecule has 1 aliphatic heterocycles. The van der Waals surface area contributed by atoms with Crippen molar-refractivity contribution in [3.63, 3.8) is 0 Å². The summed E-state index contributed by atoms with van der Waals surface area (Å²) in [5.41, 5.74) is 6.52. The van der Waals surface area contributed by atoms with Crippen LogP contribution in [0.4, 0.5) is 0 Å². The zero-order valence-corrected chi connectivity index (χ0v) is 23.8. The van der Waals surface area contributed by atoms with E-state index < -0.39 is 0 Å². The van der Waals surface area contributed by atoms with E-state index in [0.29, 0.717) is 37.4 Å². The number of carbonyl (C=O) groups is 2. The summed E-state index contributed by atoms with van der Waals surface area (Å²) in [6, 6.07) is 10.1. The van der Waals surface area contributed by atoms with Gasteiger partial charge in [0.1, 0.15) is 21.7 Å². The molecular weight excluding hydrogens is 514 g/mol. The van der Waals surface area contributed by atoms with Crippen molar-refractivity contribution in [1.82, 2.24) is 24.9 Å². The molecule has 0 bridgehead atoms. The van der Waals surface area contributed by atoms with Crippen molar-refractivity contribution in [3.05, 3.63) is 68.2 Å². The van der Waals surface area contributed by atoms with Gasteiger partial charge in [-0.15, -0.1) is 16.4 Å². The minimum absolute atomic E-state index is 0.0293. The molecular formula is C29H33N5O4S. The second kappa shape index (κ2) is 11.1. The highest BCUT2D eigenvalue weighted by Crippen LogP contribution is 2.38. The van der Waals surface area contributed by atoms with Crippen LogP contribution in [0, 0.1) is 6.92 Å². The second-order valence-electron chi connectivity index (χ2n) is 9.70. The Kier molecular flexibility index (Phi) is 7.65. The number of aryl methyl sites for hydroxylation is 3. The summed E-state index contributed by atoms with van der Waals surface area (Å²) >= 11 is 1.49. The van der Waals surface area contributed by atoms with Gasteiger partial charge in [0.05, 0.1) is 30.8 Å². The van der Waals surface area contributed by atoms with Crippen LogP contribution in [0.3, 0.4) is 0 Å². The van der Waals surface area contributed by atoms with E-state index in [2.05, 4.69) is 34.4 Å². The van der Waals surface area contributed by atoms with Crippen LogP contribution in [0.1, 0.15) is 68.8 Å². The topological polar surface area (TPSA) is 99.4 Å². The standard InChI is InChI=1S/C29H33N5O4S/c1-6-25-30-17(3)28(39-25)29(36)34-12-11-20-18(16-34)9-8-10-21(20)22(15-26(35)38-7-2)19-13-23-27(24(14-19)37-5)33(4)32-31-23/h8-10,13-14,22H,6-7,11-12,15-16H2,1-5H3/t22-/m1/s1. The number of aromatic nitrogens is 4. The van der Waals surface area contributed by atoms with E-state index in [9.17, 15) is 9.59 Å². The molecule has 3 heterocycles. The summed E-state index contributed by atoms with van der Waals surface area (Å²) < 4.78 is 12.7. The SMILES string of the molecule is CCOC(=O)C[C@H](c1cc(OC)c2c(c1)nnn2C)c1cccc2c1CCN(C(=O)c1sc(CC)nc1C)C2. The maximum absolute atomic E-state index is 13.4. The van der Waals surface area contributed by atoms with Gasteiger partial charge < -0.3 is 14.4 Å². The van der Waals surface area contributed by atoms with Gasteiger partial charge in [0.25, 0.3) is 5.91 Å². The third-order valence-electron chi connectivity index (χ3n) is 7.29. The van der Waals surface area contributed by atoms with Gasteiger partial charge >= 0.3 is 5.97 Å². The molecule has 0 unspecified atom stereocenters. The van der Waals surface area contributed by atoms with Crippen LogP contribution >= 0.6 is 11.3 Å². The first-order valence-corrected chi connectivity index (χ1v) is 14.0. The number of fused-ring (bicyclic) bond motifs is 2. The average Bonchev–Trinajstić information content (AvgIpc) is 3.52. The number of hydrogen-bond acceptors (Lipinski definition) is 8. The van der Waals surface area contributed by atoms with Crippen LogP contribution in [0.15, 0.2) is 30.3 Å². The minimum atomic E-state index is -0.266.